The molecule has 2 heterocycles. The lowest BCUT2D eigenvalue weighted by Crippen LogP contribution is -2.40. The van der Waals surface area contributed by atoms with Gasteiger partial charge in [0.15, 0.2) is 0 Å². The molecule has 6 heteroatoms. The predicted octanol–water partition coefficient (Wildman–Crippen LogP) is 2.04. The molecule has 3 aliphatic rings. The molecule has 1 aromatic rings. The van der Waals surface area contributed by atoms with E-state index in [1.807, 2.05) is 18.2 Å². The van der Waals surface area contributed by atoms with Crippen molar-refractivity contribution < 1.29 is 13.2 Å². The third-order valence-electron chi connectivity index (χ3n) is 6.02. The Morgan fingerprint density at radius 2 is 1.84 bits per heavy atom. The molecule has 138 valence electrons. The molecular formula is C19H28N2O3S. The highest BCUT2D eigenvalue weighted by Gasteiger charge is 2.56. The predicted molar refractivity (Wildman–Crippen MR) is 96.6 cm³/mol. The maximum absolute atomic E-state index is 12.8. The number of piperidine rings is 1. The van der Waals surface area contributed by atoms with Crippen molar-refractivity contribution in [2.75, 3.05) is 39.4 Å². The van der Waals surface area contributed by atoms with Crippen molar-refractivity contribution >= 4 is 10.0 Å². The first-order valence-corrected chi connectivity index (χ1v) is 10.8. The van der Waals surface area contributed by atoms with Crippen LogP contribution in [0.3, 0.4) is 0 Å². The maximum atomic E-state index is 12.8. The first kappa shape index (κ1) is 17.5. The standard InChI is InChI=1S/C19H28N2O3S/c1-14(2)19-17-12-20(13-18(17)19)11-15-4-3-5-16(10-15)25(22,23)21-6-8-24-9-7-21/h3-5,10,14,17-19H,6-9,11-13H2,1-2H3. The number of morpholine rings is 1. The van der Waals surface area contributed by atoms with Crippen LogP contribution >= 0.6 is 0 Å². The molecule has 4 rings (SSSR count). The van der Waals surface area contributed by atoms with E-state index in [0.717, 1.165) is 48.9 Å². The monoisotopic (exact) mass is 364 g/mol. The lowest BCUT2D eigenvalue weighted by atomic mass is 10.0. The van der Waals surface area contributed by atoms with Crippen LogP contribution in [0.2, 0.25) is 0 Å². The number of ether oxygens (including phenoxy) is 1. The van der Waals surface area contributed by atoms with Crippen molar-refractivity contribution in [3.05, 3.63) is 29.8 Å². The van der Waals surface area contributed by atoms with E-state index in [2.05, 4.69) is 18.7 Å². The molecule has 0 bridgehead atoms. The van der Waals surface area contributed by atoms with Crippen LogP contribution < -0.4 is 0 Å². The van der Waals surface area contributed by atoms with Crippen molar-refractivity contribution in [3.63, 3.8) is 0 Å². The quantitative estimate of drug-likeness (QED) is 0.802. The smallest absolute Gasteiger partial charge is 0.243 e. The van der Waals surface area contributed by atoms with E-state index in [1.165, 1.54) is 4.31 Å². The number of nitrogens with zero attached hydrogens (tertiary/aromatic N) is 2. The maximum Gasteiger partial charge on any atom is 0.243 e. The molecule has 5 nitrogen and oxygen atoms in total. The van der Waals surface area contributed by atoms with Crippen LogP contribution in [0.15, 0.2) is 29.2 Å². The van der Waals surface area contributed by atoms with E-state index in [1.54, 1.807) is 6.07 Å². The molecule has 0 radical (unpaired) electrons. The Balaban J connectivity index is 1.42. The van der Waals surface area contributed by atoms with Crippen molar-refractivity contribution in [2.24, 2.45) is 23.7 Å². The minimum atomic E-state index is -3.41. The second kappa shape index (κ2) is 6.65. The molecule has 3 fully saturated rings. The molecule has 2 unspecified atom stereocenters. The van der Waals surface area contributed by atoms with E-state index in [9.17, 15) is 8.42 Å². The van der Waals surface area contributed by atoms with Gasteiger partial charge >= 0.3 is 0 Å². The SMILES string of the molecule is CC(C)C1C2CN(Cc3cccc(S(=O)(=O)N4CCOCC4)c3)CC21. The normalized spacial score (nSPS) is 30.6. The molecule has 0 N–H and O–H groups in total. The fourth-order valence-electron chi connectivity index (χ4n) is 4.78. The third kappa shape index (κ3) is 3.37. The van der Waals surface area contributed by atoms with Gasteiger partial charge in [-0.05, 0) is 41.4 Å². The van der Waals surface area contributed by atoms with Gasteiger partial charge in [-0.1, -0.05) is 26.0 Å². The van der Waals surface area contributed by atoms with Gasteiger partial charge in [-0.25, -0.2) is 8.42 Å². The molecule has 1 aromatic carbocycles. The fourth-order valence-corrected chi connectivity index (χ4v) is 6.25. The van der Waals surface area contributed by atoms with Gasteiger partial charge in [-0.2, -0.15) is 4.31 Å². The summed E-state index contributed by atoms with van der Waals surface area (Å²) in [5.74, 6) is 3.42. The number of fused-ring (bicyclic) bond motifs is 1. The highest BCUT2D eigenvalue weighted by Crippen LogP contribution is 2.55. The van der Waals surface area contributed by atoms with Gasteiger partial charge in [0.2, 0.25) is 10.0 Å². The Labute approximate surface area is 151 Å². The minimum Gasteiger partial charge on any atom is -0.379 e. The summed E-state index contributed by atoms with van der Waals surface area (Å²) in [6.07, 6.45) is 0. The molecule has 25 heavy (non-hydrogen) atoms. The summed E-state index contributed by atoms with van der Waals surface area (Å²) in [6.45, 7) is 9.67. The van der Waals surface area contributed by atoms with E-state index < -0.39 is 10.0 Å². The van der Waals surface area contributed by atoms with Gasteiger partial charge in [0, 0.05) is 32.7 Å². The summed E-state index contributed by atoms with van der Waals surface area (Å²) in [5.41, 5.74) is 1.09. The summed E-state index contributed by atoms with van der Waals surface area (Å²) in [6, 6.07) is 7.48. The van der Waals surface area contributed by atoms with Crippen LogP contribution in [0.25, 0.3) is 0 Å². The Bertz CT molecular complexity index is 716. The fraction of sp³-hybridized carbons (Fsp3) is 0.684. The average molecular weight is 365 g/mol. The van der Waals surface area contributed by atoms with Gasteiger partial charge < -0.3 is 4.74 Å². The molecule has 2 saturated heterocycles. The highest BCUT2D eigenvalue weighted by atomic mass is 32.2. The van der Waals surface area contributed by atoms with E-state index in [4.69, 9.17) is 4.74 Å². The van der Waals surface area contributed by atoms with Crippen molar-refractivity contribution in [2.45, 2.75) is 25.3 Å². The van der Waals surface area contributed by atoms with Crippen molar-refractivity contribution in [3.8, 4) is 0 Å². The van der Waals surface area contributed by atoms with E-state index >= 15 is 0 Å². The van der Waals surface area contributed by atoms with Crippen LogP contribution in [-0.2, 0) is 21.3 Å². The first-order chi connectivity index (χ1) is 12.0. The van der Waals surface area contributed by atoms with E-state index in [-0.39, 0.29) is 0 Å². The second-order valence-corrected chi connectivity index (χ2v) is 9.94. The van der Waals surface area contributed by atoms with Gasteiger partial charge in [0.25, 0.3) is 0 Å². The van der Waals surface area contributed by atoms with Crippen LogP contribution in [0, 0.1) is 23.7 Å². The molecule has 1 aliphatic carbocycles. The van der Waals surface area contributed by atoms with Crippen LogP contribution in [-0.4, -0.2) is 57.0 Å². The molecule has 0 spiro atoms. The van der Waals surface area contributed by atoms with Crippen LogP contribution in [0.5, 0.6) is 0 Å². The Kier molecular flexibility index (Phi) is 4.65. The summed E-state index contributed by atoms with van der Waals surface area (Å²) in [5, 5.41) is 0. The lowest BCUT2D eigenvalue weighted by Gasteiger charge is -2.26. The summed E-state index contributed by atoms with van der Waals surface area (Å²) in [4.78, 5) is 2.89. The number of sulfonamides is 1. The molecule has 2 atom stereocenters. The number of hydrogen-bond acceptors (Lipinski definition) is 4. The summed E-state index contributed by atoms with van der Waals surface area (Å²) >= 11 is 0. The zero-order valence-corrected chi connectivity index (χ0v) is 15.9. The number of likely N-dealkylation sites (tertiary alicyclic amines) is 1. The van der Waals surface area contributed by atoms with Crippen LogP contribution in [0.1, 0.15) is 19.4 Å². The third-order valence-corrected chi connectivity index (χ3v) is 7.91. The van der Waals surface area contributed by atoms with E-state index in [0.29, 0.717) is 31.2 Å². The zero-order valence-electron chi connectivity index (χ0n) is 15.1. The van der Waals surface area contributed by atoms with Gasteiger partial charge in [-0.15, -0.1) is 0 Å². The Morgan fingerprint density at radius 1 is 1.16 bits per heavy atom. The first-order valence-electron chi connectivity index (χ1n) is 9.36. The minimum absolute atomic E-state index is 0.413. The average Bonchev–Trinajstić information content (AvgIpc) is 3.13. The summed E-state index contributed by atoms with van der Waals surface area (Å²) in [7, 11) is -3.41. The second-order valence-electron chi connectivity index (χ2n) is 8.01. The van der Waals surface area contributed by atoms with Gasteiger partial charge in [0.1, 0.15) is 0 Å². The highest BCUT2D eigenvalue weighted by molar-refractivity contribution is 7.89. The Morgan fingerprint density at radius 3 is 2.48 bits per heavy atom. The molecule has 0 amide bonds. The van der Waals surface area contributed by atoms with Crippen molar-refractivity contribution in [1.29, 1.82) is 0 Å². The topological polar surface area (TPSA) is 49.9 Å². The number of hydrogen-bond donors (Lipinski definition) is 0. The molecule has 2 aliphatic heterocycles. The summed E-state index contributed by atoms with van der Waals surface area (Å²) < 4.78 is 32.4. The number of benzene rings is 1. The van der Waals surface area contributed by atoms with Crippen LogP contribution in [0.4, 0.5) is 0 Å². The lowest BCUT2D eigenvalue weighted by molar-refractivity contribution is 0.0730. The zero-order chi connectivity index (χ0) is 17.6. The molecule has 0 aromatic heterocycles. The molecular weight excluding hydrogens is 336 g/mol. The van der Waals surface area contributed by atoms with Crippen molar-refractivity contribution in [1.82, 2.24) is 9.21 Å². The van der Waals surface area contributed by atoms with Gasteiger partial charge in [-0.3, -0.25) is 4.90 Å². The largest absolute Gasteiger partial charge is 0.379 e. The van der Waals surface area contributed by atoms with Gasteiger partial charge in [0.05, 0.1) is 18.1 Å². The Hall–Kier alpha value is -0.950. The molecule has 1 saturated carbocycles. The number of rotatable bonds is 5.